The molecule has 2 heterocycles. The fraction of sp³-hybridized carbons (Fsp3) is 0.303. The van der Waals surface area contributed by atoms with Gasteiger partial charge in [0, 0.05) is 24.0 Å². The lowest BCUT2D eigenvalue weighted by Crippen LogP contribution is -2.43. The molecule has 3 aromatic carbocycles. The first-order chi connectivity index (χ1) is 20.4. The van der Waals surface area contributed by atoms with Crippen LogP contribution in [0.2, 0.25) is 0 Å². The molecule has 0 bridgehead atoms. The molecule has 0 spiro atoms. The lowest BCUT2D eigenvalue weighted by atomic mass is 9.93. The number of rotatable bonds is 9. The average molecular weight is 586 g/mol. The highest BCUT2D eigenvalue weighted by atomic mass is 32.1. The Kier molecular flexibility index (Phi) is 8.49. The van der Waals surface area contributed by atoms with Crippen LogP contribution in [0.1, 0.15) is 44.9 Å². The molecule has 1 aromatic heterocycles. The Hall–Kier alpha value is -4.37. The van der Waals surface area contributed by atoms with Crippen LogP contribution >= 0.6 is 11.3 Å². The van der Waals surface area contributed by atoms with Crippen LogP contribution in [0.5, 0.6) is 17.2 Å². The quantitative estimate of drug-likeness (QED) is 0.285. The van der Waals surface area contributed by atoms with Crippen LogP contribution in [0.3, 0.4) is 0 Å². The Morgan fingerprint density at radius 2 is 1.71 bits per heavy atom. The predicted octanol–water partition coefficient (Wildman–Crippen LogP) is 4.67. The van der Waals surface area contributed by atoms with Crippen molar-refractivity contribution in [2.45, 2.75) is 33.7 Å². The summed E-state index contributed by atoms with van der Waals surface area (Å²) in [5.41, 5.74) is 2.33. The van der Waals surface area contributed by atoms with E-state index in [0.29, 0.717) is 57.4 Å². The summed E-state index contributed by atoms with van der Waals surface area (Å²) in [6.07, 6.45) is 1.90. The first-order valence-corrected chi connectivity index (χ1v) is 14.9. The van der Waals surface area contributed by atoms with E-state index in [0.717, 1.165) is 22.1 Å². The first-order valence-electron chi connectivity index (χ1n) is 14.0. The van der Waals surface area contributed by atoms with Gasteiger partial charge in [-0.3, -0.25) is 14.2 Å². The fourth-order valence-corrected chi connectivity index (χ4v) is 6.50. The van der Waals surface area contributed by atoms with E-state index < -0.39 is 6.04 Å². The molecule has 1 aliphatic rings. The Morgan fingerprint density at radius 1 is 1.00 bits per heavy atom. The van der Waals surface area contributed by atoms with E-state index in [2.05, 4.69) is 0 Å². The highest BCUT2D eigenvalue weighted by Gasteiger charge is 2.36. The van der Waals surface area contributed by atoms with Gasteiger partial charge in [0.05, 0.1) is 36.6 Å². The molecule has 1 amide bonds. The van der Waals surface area contributed by atoms with Crippen molar-refractivity contribution in [2.75, 3.05) is 33.9 Å². The Labute approximate surface area is 248 Å². The van der Waals surface area contributed by atoms with Gasteiger partial charge in [-0.25, -0.2) is 4.99 Å². The normalized spacial score (nSPS) is 14.9. The van der Waals surface area contributed by atoms with Gasteiger partial charge in [0.25, 0.3) is 11.5 Å². The number of ether oxygens (including phenoxy) is 3. The van der Waals surface area contributed by atoms with Crippen LogP contribution in [0.25, 0.3) is 16.8 Å². The third-order valence-corrected chi connectivity index (χ3v) is 8.52. The standard InChI is InChI=1S/C33H35N3O5S/c1-7-35(8-2)32(38)29-20(4)34-33-36(30(29)25-19-22(39-5)15-17-26(25)40-6)31(37)28(42-33)18-21-14-16-27(41-9-3)24-13-11-10-12-23(21)24/h10-19,30H,7-9H2,1-6H3/b28-18+/t30-/m1/s1. The van der Waals surface area contributed by atoms with E-state index >= 15 is 0 Å². The topological polar surface area (TPSA) is 82.4 Å². The number of hydrogen-bond donors (Lipinski definition) is 0. The summed E-state index contributed by atoms with van der Waals surface area (Å²) in [4.78, 5) is 35.3. The third-order valence-electron chi connectivity index (χ3n) is 7.54. The summed E-state index contributed by atoms with van der Waals surface area (Å²) in [7, 11) is 3.16. The number of nitrogens with zero attached hydrogens (tertiary/aromatic N) is 3. The molecule has 42 heavy (non-hydrogen) atoms. The molecule has 9 heteroatoms. The Balaban J connectivity index is 1.78. The number of hydrogen-bond acceptors (Lipinski definition) is 7. The zero-order chi connectivity index (χ0) is 30.0. The number of fused-ring (bicyclic) bond motifs is 2. The maximum absolute atomic E-state index is 14.3. The van der Waals surface area contributed by atoms with Crippen LogP contribution < -0.4 is 29.1 Å². The van der Waals surface area contributed by atoms with Gasteiger partial charge in [-0.05, 0) is 69.0 Å². The molecule has 0 aliphatic carbocycles. The van der Waals surface area contributed by atoms with Crippen molar-refractivity contribution >= 4 is 34.1 Å². The fourth-order valence-electron chi connectivity index (χ4n) is 5.47. The zero-order valence-corrected chi connectivity index (χ0v) is 25.6. The number of allylic oxidation sites excluding steroid dienone is 1. The molecular weight excluding hydrogens is 550 g/mol. The van der Waals surface area contributed by atoms with E-state index in [1.54, 1.807) is 35.8 Å². The first kappa shape index (κ1) is 29.1. The maximum Gasteiger partial charge on any atom is 0.271 e. The van der Waals surface area contributed by atoms with Crippen LogP contribution in [0.15, 0.2) is 75.7 Å². The minimum atomic E-state index is -0.751. The summed E-state index contributed by atoms with van der Waals surface area (Å²) in [5.74, 6) is 1.78. The van der Waals surface area contributed by atoms with Crippen molar-refractivity contribution in [1.82, 2.24) is 9.47 Å². The molecule has 5 rings (SSSR count). The van der Waals surface area contributed by atoms with Crippen molar-refractivity contribution < 1.29 is 19.0 Å². The minimum Gasteiger partial charge on any atom is -0.497 e. The van der Waals surface area contributed by atoms with Crippen molar-refractivity contribution in [1.29, 1.82) is 0 Å². The summed E-state index contributed by atoms with van der Waals surface area (Å²) >= 11 is 1.30. The second kappa shape index (κ2) is 12.2. The van der Waals surface area contributed by atoms with Crippen molar-refractivity contribution in [3.63, 3.8) is 0 Å². The number of methoxy groups -OCH3 is 2. The van der Waals surface area contributed by atoms with E-state index in [1.165, 1.54) is 11.3 Å². The van der Waals surface area contributed by atoms with Crippen LogP contribution in [-0.4, -0.2) is 49.3 Å². The highest BCUT2D eigenvalue weighted by Crippen LogP contribution is 2.38. The molecule has 0 fully saturated rings. The van der Waals surface area contributed by atoms with Crippen LogP contribution in [0.4, 0.5) is 0 Å². The van der Waals surface area contributed by atoms with Gasteiger partial charge in [-0.2, -0.15) is 0 Å². The number of amides is 1. The second-order valence-corrected chi connectivity index (χ2v) is 10.8. The van der Waals surface area contributed by atoms with Crippen molar-refractivity contribution in [2.24, 2.45) is 4.99 Å². The lowest BCUT2D eigenvalue weighted by molar-refractivity contribution is -0.127. The molecule has 0 unspecified atom stereocenters. The lowest BCUT2D eigenvalue weighted by Gasteiger charge is -2.30. The summed E-state index contributed by atoms with van der Waals surface area (Å²) in [5, 5.41) is 1.96. The highest BCUT2D eigenvalue weighted by molar-refractivity contribution is 7.07. The van der Waals surface area contributed by atoms with Crippen LogP contribution in [-0.2, 0) is 4.79 Å². The van der Waals surface area contributed by atoms with E-state index in [4.69, 9.17) is 19.2 Å². The van der Waals surface area contributed by atoms with Crippen molar-refractivity contribution in [3.8, 4) is 17.2 Å². The number of carbonyl (C=O) groups is 1. The van der Waals surface area contributed by atoms with Gasteiger partial charge in [0.1, 0.15) is 23.3 Å². The monoisotopic (exact) mass is 585 g/mol. The van der Waals surface area contributed by atoms with Crippen molar-refractivity contribution in [3.05, 3.63) is 96.7 Å². The summed E-state index contributed by atoms with van der Waals surface area (Å²) in [6.45, 7) is 9.28. The van der Waals surface area contributed by atoms with Gasteiger partial charge in [-0.15, -0.1) is 0 Å². The van der Waals surface area contributed by atoms with E-state index in [-0.39, 0.29) is 11.5 Å². The molecule has 4 aromatic rings. The summed E-state index contributed by atoms with van der Waals surface area (Å²) in [6, 6.07) is 16.6. The molecular formula is C33H35N3O5S. The SMILES string of the molecule is CCOc1ccc(/C=c2/sc3n(c2=O)[C@H](c2cc(OC)ccc2OC)C(C(=O)N(CC)CC)=C(C)N=3)c2ccccc12. The number of likely N-dealkylation sites (N-methyl/N-ethyl adjacent to an activating group) is 1. The number of carbonyl (C=O) groups excluding carboxylic acids is 1. The van der Waals surface area contributed by atoms with Crippen LogP contribution in [0, 0.1) is 0 Å². The Morgan fingerprint density at radius 3 is 2.38 bits per heavy atom. The molecule has 0 N–H and O–H groups in total. The molecule has 218 valence electrons. The van der Waals surface area contributed by atoms with Gasteiger partial charge < -0.3 is 19.1 Å². The molecule has 0 radical (unpaired) electrons. The summed E-state index contributed by atoms with van der Waals surface area (Å²) < 4.78 is 19.3. The minimum absolute atomic E-state index is 0.164. The predicted molar refractivity (Wildman–Crippen MR) is 166 cm³/mol. The molecule has 1 aliphatic heterocycles. The largest absolute Gasteiger partial charge is 0.497 e. The van der Waals surface area contributed by atoms with E-state index in [1.807, 2.05) is 76.2 Å². The molecule has 1 atom stereocenters. The Bertz CT molecular complexity index is 1870. The van der Waals surface area contributed by atoms with E-state index in [9.17, 15) is 9.59 Å². The second-order valence-electron chi connectivity index (χ2n) is 9.80. The van der Waals surface area contributed by atoms with Gasteiger partial charge in [0.15, 0.2) is 4.80 Å². The molecule has 0 saturated carbocycles. The number of benzene rings is 3. The smallest absolute Gasteiger partial charge is 0.271 e. The zero-order valence-electron chi connectivity index (χ0n) is 24.8. The average Bonchev–Trinajstić information content (AvgIpc) is 3.31. The third kappa shape index (κ3) is 5.09. The van der Waals surface area contributed by atoms with Gasteiger partial charge in [-0.1, -0.05) is 41.7 Å². The van der Waals surface area contributed by atoms with Gasteiger partial charge in [0.2, 0.25) is 0 Å². The number of thiazole rings is 1. The maximum atomic E-state index is 14.3. The van der Waals surface area contributed by atoms with Gasteiger partial charge >= 0.3 is 0 Å². The molecule has 0 saturated heterocycles. The molecule has 8 nitrogen and oxygen atoms in total. The number of aromatic nitrogens is 1.